The molecule has 0 aromatic heterocycles. The van der Waals surface area contributed by atoms with Crippen LogP contribution in [0.5, 0.6) is 17.2 Å². The van der Waals surface area contributed by atoms with Crippen molar-refractivity contribution in [3.05, 3.63) is 95.3 Å². The van der Waals surface area contributed by atoms with Gasteiger partial charge >= 0.3 is 6.18 Å². The topological polar surface area (TPSA) is 127 Å². The zero-order valence-electron chi connectivity index (χ0n) is 28.5. The van der Waals surface area contributed by atoms with Crippen LogP contribution in [0, 0.1) is 0 Å². The Bertz CT molecular complexity index is 1830. The van der Waals surface area contributed by atoms with Crippen LogP contribution in [0.1, 0.15) is 29.0 Å². The second kappa shape index (κ2) is 16.1. The highest BCUT2D eigenvalue weighted by atomic mass is 32.2. The number of ether oxygens (including phenoxy) is 5. The van der Waals surface area contributed by atoms with E-state index < -0.39 is 40.6 Å². The lowest BCUT2D eigenvalue weighted by Gasteiger charge is -2.37. The summed E-state index contributed by atoms with van der Waals surface area (Å²) in [5.74, 6) is 0.990. The fraction of sp³-hybridized carbons (Fsp3) is 0.417. The number of fused-ring (bicyclic) bond motifs is 1. The van der Waals surface area contributed by atoms with Crippen molar-refractivity contribution >= 4 is 15.9 Å². The number of sulfonamides is 1. The summed E-state index contributed by atoms with van der Waals surface area (Å²) in [7, 11) is -2.55. The fourth-order valence-corrected chi connectivity index (χ4v) is 7.69. The predicted molar refractivity (Wildman–Crippen MR) is 181 cm³/mol. The van der Waals surface area contributed by atoms with Crippen molar-refractivity contribution in [3.63, 3.8) is 0 Å². The number of halogens is 3. The molecule has 3 aliphatic heterocycles. The third kappa shape index (κ3) is 8.81. The Morgan fingerprint density at radius 2 is 1.67 bits per heavy atom. The average molecular weight is 748 g/mol. The highest BCUT2D eigenvalue weighted by molar-refractivity contribution is 7.89. The van der Waals surface area contributed by atoms with Gasteiger partial charge in [-0.25, -0.2) is 8.42 Å². The van der Waals surface area contributed by atoms with Gasteiger partial charge in [0.25, 0.3) is 5.91 Å². The number of rotatable bonds is 13. The molecule has 0 aliphatic carbocycles. The van der Waals surface area contributed by atoms with Gasteiger partial charge in [-0.15, -0.1) is 0 Å². The minimum Gasteiger partial charge on any atom is -0.497 e. The molecule has 0 bridgehead atoms. The highest BCUT2D eigenvalue weighted by Crippen LogP contribution is 2.36. The first-order valence-corrected chi connectivity index (χ1v) is 18.2. The molecule has 0 radical (unpaired) electrons. The molecule has 3 aromatic carbocycles. The number of hydrogen-bond donors (Lipinski definition) is 1. The van der Waals surface area contributed by atoms with E-state index in [-0.39, 0.29) is 49.5 Å². The maximum atomic E-state index is 13.8. The quantitative estimate of drug-likeness (QED) is 0.272. The van der Waals surface area contributed by atoms with Gasteiger partial charge in [0, 0.05) is 58.2 Å². The van der Waals surface area contributed by atoms with E-state index in [0.717, 1.165) is 22.0 Å². The molecule has 1 amide bonds. The largest absolute Gasteiger partial charge is 0.497 e. The fourth-order valence-electron chi connectivity index (χ4n) is 6.27. The molecule has 3 aliphatic rings. The zero-order valence-corrected chi connectivity index (χ0v) is 29.3. The van der Waals surface area contributed by atoms with Crippen LogP contribution >= 0.6 is 0 Å². The molecule has 6 rings (SSSR count). The van der Waals surface area contributed by atoms with Crippen LogP contribution in [0.15, 0.2) is 83.5 Å². The standard InChI is InChI=1S/C36H40F3N3O9S/c1-47-29-7-9-30(10-8-29)52(45,46)42(16-18-43)17-19-48-34-22-27(26-3-5-28(6-4-26)36(37,38)39)21-33(51-34)35(44)41-14-12-40(13-15-41)23-25-2-11-31-32(20-25)50-24-49-31/h2-11,20-21,27,34,43H,12-19,22-24H2,1H3/t27-,34+/m1/s1. The molecule has 1 fully saturated rings. The van der Waals surface area contributed by atoms with Crippen LogP contribution < -0.4 is 14.2 Å². The molecule has 2 atom stereocenters. The number of alkyl halides is 3. The number of carbonyl (C=O) groups excluding carboxylic acids is 1. The van der Waals surface area contributed by atoms with Gasteiger partial charge < -0.3 is 33.7 Å². The molecule has 1 N–H and O–H groups in total. The summed E-state index contributed by atoms with van der Waals surface area (Å²) in [5.41, 5.74) is 0.792. The van der Waals surface area contributed by atoms with Gasteiger partial charge in [-0.2, -0.15) is 17.5 Å². The summed E-state index contributed by atoms with van der Waals surface area (Å²) in [6.45, 7) is 1.96. The van der Waals surface area contributed by atoms with E-state index in [1.54, 1.807) is 11.0 Å². The second-order valence-electron chi connectivity index (χ2n) is 12.5. The number of benzene rings is 3. The summed E-state index contributed by atoms with van der Waals surface area (Å²) >= 11 is 0. The minimum atomic E-state index is -4.51. The second-order valence-corrected chi connectivity index (χ2v) is 14.4. The molecule has 16 heteroatoms. The van der Waals surface area contributed by atoms with Crippen molar-refractivity contribution in [1.82, 2.24) is 14.1 Å². The van der Waals surface area contributed by atoms with E-state index in [1.165, 1.54) is 43.5 Å². The van der Waals surface area contributed by atoms with E-state index >= 15 is 0 Å². The van der Waals surface area contributed by atoms with E-state index in [0.29, 0.717) is 55.5 Å². The smallest absolute Gasteiger partial charge is 0.416 e. The van der Waals surface area contributed by atoms with Crippen LogP contribution in [0.25, 0.3) is 0 Å². The lowest BCUT2D eigenvalue weighted by atomic mass is 9.92. The Morgan fingerprint density at radius 3 is 2.35 bits per heavy atom. The number of aliphatic hydroxyl groups excluding tert-OH is 1. The number of hydrogen-bond acceptors (Lipinski definition) is 10. The number of carbonyl (C=O) groups is 1. The third-order valence-corrected chi connectivity index (χ3v) is 11.0. The molecule has 52 heavy (non-hydrogen) atoms. The van der Waals surface area contributed by atoms with Crippen molar-refractivity contribution in [3.8, 4) is 17.2 Å². The first kappa shape index (κ1) is 37.4. The summed E-state index contributed by atoms with van der Waals surface area (Å²) in [6.07, 6.45) is -3.75. The summed E-state index contributed by atoms with van der Waals surface area (Å²) in [6, 6.07) is 16.4. The third-order valence-electron chi connectivity index (χ3n) is 9.13. The van der Waals surface area contributed by atoms with Gasteiger partial charge in [0.1, 0.15) is 5.75 Å². The lowest BCUT2D eigenvalue weighted by Crippen LogP contribution is -2.49. The maximum absolute atomic E-state index is 13.8. The molecule has 0 saturated carbocycles. The van der Waals surface area contributed by atoms with Gasteiger partial charge in [0.2, 0.25) is 23.1 Å². The van der Waals surface area contributed by atoms with Crippen molar-refractivity contribution in [1.29, 1.82) is 0 Å². The number of allylic oxidation sites excluding steroid dienone is 1. The van der Waals surface area contributed by atoms with Gasteiger partial charge in [-0.1, -0.05) is 18.2 Å². The normalized spacial score (nSPS) is 19.3. The van der Waals surface area contributed by atoms with Crippen molar-refractivity contribution < 1.29 is 55.2 Å². The zero-order chi connectivity index (χ0) is 36.9. The summed E-state index contributed by atoms with van der Waals surface area (Å²) in [4.78, 5) is 17.7. The average Bonchev–Trinajstić information content (AvgIpc) is 3.62. The number of piperazine rings is 1. The molecule has 0 spiro atoms. The highest BCUT2D eigenvalue weighted by Gasteiger charge is 2.34. The van der Waals surface area contributed by atoms with E-state index in [4.69, 9.17) is 23.7 Å². The number of amides is 1. The summed E-state index contributed by atoms with van der Waals surface area (Å²) in [5, 5.41) is 9.63. The van der Waals surface area contributed by atoms with E-state index in [1.807, 2.05) is 18.2 Å². The minimum absolute atomic E-state index is 0.00318. The number of aliphatic hydroxyl groups is 1. The molecule has 3 aromatic rings. The molecule has 0 unspecified atom stereocenters. The van der Waals surface area contributed by atoms with Crippen LogP contribution in [-0.2, 0) is 37.0 Å². The van der Waals surface area contributed by atoms with Crippen LogP contribution in [0.2, 0.25) is 0 Å². The first-order chi connectivity index (χ1) is 24.9. The van der Waals surface area contributed by atoms with Gasteiger partial charge in [0.05, 0.1) is 30.8 Å². The molecular weight excluding hydrogens is 707 g/mol. The maximum Gasteiger partial charge on any atom is 0.416 e. The Kier molecular flexibility index (Phi) is 11.6. The monoisotopic (exact) mass is 747 g/mol. The molecule has 12 nitrogen and oxygen atoms in total. The Hall–Kier alpha value is -4.35. The Labute approximate surface area is 299 Å². The van der Waals surface area contributed by atoms with E-state index in [2.05, 4.69) is 4.90 Å². The molecule has 3 heterocycles. The molecule has 1 saturated heterocycles. The molecule has 280 valence electrons. The van der Waals surface area contributed by atoms with Crippen molar-refractivity contribution in [2.24, 2.45) is 0 Å². The van der Waals surface area contributed by atoms with Crippen LogP contribution in [0.4, 0.5) is 13.2 Å². The van der Waals surface area contributed by atoms with Gasteiger partial charge in [-0.05, 0) is 65.7 Å². The van der Waals surface area contributed by atoms with E-state index in [9.17, 15) is 31.5 Å². The van der Waals surface area contributed by atoms with Gasteiger partial charge in [-0.3, -0.25) is 9.69 Å². The van der Waals surface area contributed by atoms with Crippen LogP contribution in [0.3, 0.4) is 0 Å². The van der Waals surface area contributed by atoms with Crippen molar-refractivity contribution in [2.45, 2.75) is 36.2 Å². The Balaban J connectivity index is 1.12. The Morgan fingerprint density at radius 1 is 0.962 bits per heavy atom. The SMILES string of the molecule is COc1ccc(S(=O)(=O)N(CCO)CCO[C@@H]2C[C@H](c3ccc(C(F)(F)F)cc3)C=C(C(=O)N3CCN(Cc4ccc5c(c4)OCO5)CC3)O2)cc1. The molecular formula is C36H40F3N3O9S. The lowest BCUT2D eigenvalue weighted by molar-refractivity contribution is -0.154. The van der Waals surface area contributed by atoms with Crippen molar-refractivity contribution in [2.75, 3.05) is 66.4 Å². The van der Waals surface area contributed by atoms with Gasteiger partial charge in [0.15, 0.2) is 17.3 Å². The first-order valence-electron chi connectivity index (χ1n) is 16.8. The number of methoxy groups -OCH3 is 1. The summed E-state index contributed by atoms with van der Waals surface area (Å²) < 4.78 is 95.7. The predicted octanol–water partition coefficient (Wildman–Crippen LogP) is 4.20. The number of nitrogens with zero attached hydrogens (tertiary/aromatic N) is 3. The van der Waals surface area contributed by atoms with Crippen LogP contribution in [-0.4, -0.2) is 106 Å².